The van der Waals surface area contributed by atoms with Gasteiger partial charge in [0.2, 0.25) is 5.91 Å². The molecule has 1 rings (SSSR count). The van der Waals surface area contributed by atoms with E-state index < -0.39 is 5.54 Å². The molecule has 0 aromatic heterocycles. The van der Waals surface area contributed by atoms with Gasteiger partial charge < -0.3 is 11.1 Å². The number of carbonyl (C=O) groups excluding carboxylic acids is 1. The smallest absolute Gasteiger partial charge is 0.237 e. The lowest BCUT2D eigenvalue weighted by atomic mass is 9.94. The van der Waals surface area contributed by atoms with Gasteiger partial charge in [-0.3, -0.25) is 4.79 Å². The van der Waals surface area contributed by atoms with Crippen LogP contribution in [0.2, 0.25) is 0 Å². The Morgan fingerprint density at radius 2 is 1.95 bits per heavy atom. The van der Waals surface area contributed by atoms with Gasteiger partial charge in [0.15, 0.2) is 0 Å². The fourth-order valence-corrected chi connectivity index (χ4v) is 3.74. The molecule has 0 aliphatic rings. The summed E-state index contributed by atoms with van der Waals surface area (Å²) in [5.41, 5.74) is 7.61. The van der Waals surface area contributed by atoms with Crippen LogP contribution in [0.3, 0.4) is 0 Å². The number of aryl methyl sites for hydroxylation is 1. The number of carbonyl (C=O) groups is 1. The first-order valence-electron chi connectivity index (χ1n) is 7.48. The topological polar surface area (TPSA) is 55.1 Å². The van der Waals surface area contributed by atoms with Crippen molar-refractivity contribution in [2.75, 3.05) is 0 Å². The van der Waals surface area contributed by atoms with Gasteiger partial charge in [-0.25, -0.2) is 0 Å². The largest absolute Gasteiger partial charge is 0.368 e. The Bertz CT molecular complexity index is 476. The zero-order valence-electron chi connectivity index (χ0n) is 13.8. The predicted molar refractivity (Wildman–Crippen MR) is 92.4 cm³/mol. The van der Waals surface area contributed by atoms with Crippen molar-refractivity contribution >= 4 is 17.7 Å². The van der Waals surface area contributed by atoms with Gasteiger partial charge in [-0.15, -0.1) is 0 Å². The molecule has 1 aromatic rings. The van der Waals surface area contributed by atoms with E-state index >= 15 is 0 Å². The van der Waals surface area contributed by atoms with Crippen LogP contribution in [-0.2, 0) is 10.5 Å². The van der Waals surface area contributed by atoms with Crippen LogP contribution < -0.4 is 11.1 Å². The zero-order chi connectivity index (χ0) is 16.0. The molecule has 3 N–H and O–H groups in total. The molecule has 2 unspecified atom stereocenters. The molecule has 0 heterocycles. The molecule has 118 valence electrons. The van der Waals surface area contributed by atoms with E-state index in [-0.39, 0.29) is 11.9 Å². The number of amides is 1. The maximum absolute atomic E-state index is 11.8. The third kappa shape index (κ3) is 5.71. The number of nitrogens with two attached hydrogens (primary N) is 1. The minimum Gasteiger partial charge on any atom is -0.368 e. The summed E-state index contributed by atoms with van der Waals surface area (Å²) < 4.78 is 0. The van der Waals surface area contributed by atoms with Crippen molar-refractivity contribution in [3.8, 4) is 0 Å². The molecule has 0 aliphatic carbocycles. The Hall–Kier alpha value is -1.00. The molecule has 0 saturated carbocycles. The second-order valence-electron chi connectivity index (χ2n) is 6.25. The molecule has 0 spiro atoms. The van der Waals surface area contributed by atoms with Crippen LogP contribution in [-0.4, -0.2) is 22.7 Å². The van der Waals surface area contributed by atoms with Crippen molar-refractivity contribution in [2.24, 2.45) is 5.73 Å². The van der Waals surface area contributed by atoms with Gasteiger partial charge in [0.05, 0.1) is 5.54 Å². The molecule has 4 heteroatoms. The van der Waals surface area contributed by atoms with E-state index in [1.54, 1.807) is 0 Å². The van der Waals surface area contributed by atoms with Crippen LogP contribution in [0, 0.1) is 6.92 Å². The fourth-order valence-electron chi connectivity index (χ4n) is 2.51. The molecule has 0 radical (unpaired) electrons. The van der Waals surface area contributed by atoms with Gasteiger partial charge >= 0.3 is 0 Å². The summed E-state index contributed by atoms with van der Waals surface area (Å²) in [4.78, 5) is 11.8. The molecule has 1 amide bonds. The van der Waals surface area contributed by atoms with Crippen LogP contribution in [0.5, 0.6) is 0 Å². The van der Waals surface area contributed by atoms with Crippen molar-refractivity contribution in [3.05, 3.63) is 35.4 Å². The maximum atomic E-state index is 11.8. The van der Waals surface area contributed by atoms with Gasteiger partial charge in [-0.05, 0) is 45.2 Å². The van der Waals surface area contributed by atoms with Gasteiger partial charge in [-0.1, -0.05) is 31.2 Å². The average Bonchev–Trinajstić information content (AvgIpc) is 2.36. The predicted octanol–water partition coefficient (Wildman–Crippen LogP) is 3.25. The van der Waals surface area contributed by atoms with Crippen molar-refractivity contribution in [3.63, 3.8) is 0 Å². The first-order valence-corrected chi connectivity index (χ1v) is 8.53. The molecule has 0 bridgehead atoms. The first kappa shape index (κ1) is 18.1. The summed E-state index contributed by atoms with van der Waals surface area (Å²) in [7, 11) is 0. The van der Waals surface area contributed by atoms with E-state index in [0.717, 1.165) is 12.2 Å². The van der Waals surface area contributed by atoms with Crippen LogP contribution in [0.15, 0.2) is 24.3 Å². The lowest BCUT2D eigenvalue weighted by Gasteiger charge is -2.32. The summed E-state index contributed by atoms with van der Waals surface area (Å²) in [6, 6.07) is 8.66. The quantitative estimate of drug-likeness (QED) is 0.775. The average molecular weight is 308 g/mol. The molecule has 2 atom stereocenters. The Kier molecular flexibility index (Phi) is 6.75. The molecule has 0 saturated heterocycles. The highest BCUT2D eigenvalue weighted by Gasteiger charge is 2.33. The molecule has 3 nitrogen and oxygen atoms in total. The molecule has 1 aromatic carbocycles. The summed E-state index contributed by atoms with van der Waals surface area (Å²) in [6.45, 7) is 10.3. The van der Waals surface area contributed by atoms with E-state index in [1.807, 2.05) is 32.5 Å². The molecule has 21 heavy (non-hydrogen) atoms. The van der Waals surface area contributed by atoms with Crippen molar-refractivity contribution in [1.29, 1.82) is 0 Å². The molecule has 0 fully saturated rings. The summed E-state index contributed by atoms with van der Waals surface area (Å²) in [5, 5.41) is 3.66. The van der Waals surface area contributed by atoms with Gasteiger partial charge in [0, 0.05) is 17.0 Å². The lowest BCUT2D eigenvalue weighted by Crippen LogP contribution is -2.56. The number of nitrogens with one attached hydrogen (secondary N) is 1. The zero-order valence-corrected chi connectivity index (χ0v) is 14.6. The maximum Gasteiger partial charge on any atom is 0.237 e. The fraction of sp³-hybridized carbons (Fsp3) is 0.588. The van der Waals surface area contributed by atoms with Gasteiger partial charge in [0.1, 0.15) is 0 Å². The van der Waals surface area contributed by atoms with Gasteiger partial charge in [-0.2, -0.15) is 11.8 Å². The number of benzene rings is 1. The second kappa shape index (κ2) is 7.85. The van der Waals surface area contributed by atoms with Gasteiger partial charge in [0.25, 0.3) is 0 Å². The third-order valence-corrected chi connectivity index (χ3v) is 4.84. The number of hydrogen-bond acceptors (Lipinski definition) is 3. The van der Waals surface area contributed by atoms with Crippen LogP contribution in [0.4, 0.5) is 0 Å². The lowest BCUT2D eigenvalue weighted by molar-refractivity contribution is -0.124. The SMILES string of the molecule is Cc1ccccc1CSC(C)CC(C)(NC(C)C)C(N)=O. The van der Waals surface area contributed by atoms with E-state index in [1.165, 1.54) is 11.1 Å². The van der Waals surface area contributed by atoms with E-state index in [9.17, 15) is 4.79 Å². The number of thioether (sulfide) groups is 1. The van der Waals surface area contributed by atoms with Crippen molar-refractivity contribution in [2.45, 2.75) is 63.6 Å². The third-order valence-electron chi connectivity index (χ3n) is 3.63. The first-order chi connectivity index (χ1) is 9.74. The highest BCUT2D eigenvalue weighted by Crippen LogP contribution is 2.26. The second-order valence-corrected chi connectivity index (χ2v) is 7.67. The summed E-state index contributed by atoms with van der Waals surface area (Å²) in [5.74, 6) is 0.684. The molecular weight excluding hydrogens is 280 g/mol. The van der Waals surface area contributed by atoms with Crippen LogP contribution in [0.25, 0.3) is 0 Å². The Balaban J connectivity index is 2.61. The van der Waals surface area contributed by atoms with E-state index in [0.29, 0.717) is 5.25 Å². The summed E-state index contributed by atoms with van der Waals surface area (Å²) in [6.07, 6.45) is 0.733. The Morgan fingerprint density at radius 3 is 2.48 bits per heavy atom. The normalized spacial score (nSPS) is 15.7. The molecular formula is C17H28N2OS. The Morgan fingerprint density at radius 1 is 1.33 bits per heavy atom. The minimum absolute atomic E-state index is 0.232. The van der Waals surface area contributed by atoms with Crippen LogP contribution in [0.1, 0.15) is 45.2 Å². The van der Waals surface area contributed by atoms with Crippen molar-refractivity contribution < 1.29 is 4.79 Å². The standard InChI is InChI=1S/C17H28N2OS/c1-12(2)19-17(5,16(18)20)10-14(4)21-11-15-9-7-6-8-13(15)3/h6-9,12,14,19H,10-11H2,1-5H3,(H2,18,20). The van der Waals surface area contributed by atoms with Crippen LogP contribution >= 0.6 is 11.8 Å². The number of primary amides is 1. The van der Waals surface area contributed by atoms with E-state index in [4.69, 9.17) is 5.73 Å². The number of rotatable bonds is 8. The Labute approximate surface area is 133 Å². The van der Waals surface area contributed by atoms with Crippen molar-refractivity contribution in [1.82, 2.24) is 5.32 Å². The molecule has 0 aliphatic heterocycles. The van der Waals surface area contributed by atoms with E-state index in [2.05, 4.69) is 43.4 Å². The minimum atomic E-state index is -0.647. The summed E-state index contributed by atoms with van der Waals surface area (Å²) >= 11 is 1.87. The number of hydrogen-bond donors (Lipinski definition) is 2. The highest BCUT2D eigenvalue weighted by molar-refractivity contribution is 7.99. The highest BCUT2D eigenvalue weighted by atomic mass is 32.2. The monoisotopic (exact) mass is 308 g/mol.